The fraction of sp³-hybridized carbons (Fsp3) is 0.192. The van der Waals surface area contributed by atoms with Gasteiger partial charge in [0, 0.05) is 34.9 Å². The van der Waals surface area contributed by atoms with E-state index in [4.69, 9.17) is 11.6 Å². The zero-order valence-electron chi connectivity index (χ0n) is 16.8. The monoisotopic (exact) mass is 414 g/mol. The molecule has 30 heavy (non-hydrogen) atoms. The summed E-state index contributed by atoms with van der Waals surface area (Å²) in [6.45, 7) is 0. The van der Waals surface area contributed by atoms with Gasteiger partial charge in [0.1, 0.15) is 0 Å². The van der Waals surface area contributed by atoms with Gasteiger partial charge in [-0.1, -0.05) is 60.2 Å². The number of nitrogens with one attached hydrogen (secondary N) is 1. The van der Waals surface area contributed by atoms with E-state index in [9.17, 15) is 4.79 Å². The van der Waals surface area contributed by atoms with Crippen molar-refractivity contribution in [2.24, 2.45) is 5.92 Å². The highest BCUT2D eigenvalue weighted by Gasteiger charge is 2.38. The Kier molecular flexibility index (Phi) is 4.84. The molecular formula is C26H23ClN2O. The summed E-state index contributed by atoms with van der Waals surface area (Å²) < 4.78 is 0. The number of hydrogen-bond acceptors (Lipinski definition) is 2. The van der Waals surface area contributed by atoms with Gasteiger partial charge in [0.2, 0.25) is 0 Å². The largest absolute Gasteiger partial charge is 0.378 e. The smallest absolute Gasteiger partial charge is 0.258 e. The number of halogens is 1. The number of rotatable bonds is 3. The number of hydrogen-bond donors (Lipinski definition) is 1. The summed E-state index contributed by atoms with van der Waals surface area (Å²) in [6, 6.07) is 23.9. The van der Waals surface area contributed by atoms with Crippen molar-refractivity contribution in [3.05, 3.63) is 107 Å². The van der Waals surface area contributed by atoms with Gasteiger partial charge in [-0.05, 0) is 59.9 Å². The molecular weight excluding hydrogens is 392 g/mol. The molecule has 3 aromatic carbocycles. The van der Waals surface area contributed by atoms with E-state index in [0.29, 0.717) is 11.5 Å². The molecule has 0 saturated heterocycles. The van der Waals surface area contributed by atoms with Gasteiger partial charge in [-0.2, -0.15) is 0 Å². The Morgan fingerprint density at radius 2 is 1.77 bits per heavy atom. The molecule has 3 unspecified atom stereocenters. The van der Waals surface area contributed by atoms with E-state index in [1.807, 2.05) is 67.7 Å². The Morgan fingerprint density at radius 1 is 1.00 bits per heavy atom. The van der Waals surface area contributed by atoms with Crippen molar-refractivity contribution in [3.63, 3.8) is 0 Å². The van der Waals surface area contributed by atoms with Crippen LogP contribution >= 0.6 is 11.6 Å². The fourth-order valence-corrected chi connectivity index (χ4v) is 4.98. The third-order valence-corrected chi connectivity index (χ3v) is 6.64. The second-order valence-electron chi connectivity index (χ2n) is 8.00. The number of allylic oxidation sites excluding steroid dienone is 2. The van der Waals surface area contributed by atoms with Crippen LogP contribution in [0.15, 0.2) is 84.9 Å². The Hall–Kier alpha value is -3.04. The van der Waals surface area contributed by atoms with E-state index in [-0.39, 0.29) is 17.9 Å². The lowest BCUT2D eigenvalue weighted by molar-refractivity contribution is 0.0993. The molecule has 4 heteroatoms. The number of benzene rings is 3. The first-order valence-corrected chi connectivity index (χ1v) is 10.7. The summed E-state index contributed by atoms with van der Waals surface area (Å²) in [6.07, 6.45) is 5.53. The van der Waals surface area contributed by atoms with Crippen molar-refractivity contribution in [1.82, 2.24) is 0 Å². The molecule has 1 aliphatic heterocycles. The molecule has 3 aromatic rings. The quantitative estimate of drug-likeness (QED) is 0.500. The van der Waals surface area contributed by atoms with Gasteiger partial charge in [0.05, 0.1) is 6.04 Å². The summed E-state index contributed by atoms with van der Waals surface area (Å²) in [7, 11) is 1.82. The van der Waals surface area contributed by atoms with E-state index in [0.717, 1.165) is 28.4 Å². The molecule has 0 saturated carbocycles. The summed E-state index contributed by atoms with van der Waals surface area (Å²) in [4.78, 5) is 14.8. The van der Waals surface area contributed by atoms with Gasteiger partial charge in [-0.15, -0.1) is 0 Å². The van der Waals surface area contributed by atoms with Gasteiger partial charge >= 0.3 is 0 Å². The Balaban J connectivity index is 1.49. The molecule has 1 aliphatic carbocycles. The Bertz CT molecular complexity index is 1120. The van der Waals surface area contributed by atoms with Crippen molar-refractivity contribution in [1.29, 1.82) is 0 Å². The second kappa shape index (κ2) is 7.66. The summed E-state index contributed by atoms with van der Waals surface area (Å²) in [5, 5.41) is 4.50. The van der Waals surface area contributed by atoms with Crippen molar-refractivity contribution in [3.8, 4) is 0 Å². The standard InChI is InChI=1S/C26H23ClN2O/c1-29(18-8-3-2-4-9-18)26(30)17-14-15-24-22(16-17)19-11-7-12-20(19)25(28-24)21-10-5-6-13-23(21)27/h2-11,13-16,19-20,25,28H,12H2,1H3. The lowest BCUT2D eigenvalue weighted by atomic mass is 9.76. The van der Waals surface area contributed by atoms with Crippen molar-refractivity contribution >= 4 is 28.9 Å². The molecule has 1 N–H and O–H groups in total. The molecule has 0 fully saturated rings. The minimum Gasteiger partial charge on any atom is -0.378 e. The van der Waals surface area contributed by atoms with Crippen LogP contribution in [0.5, 0.6) is 0 Å². The first-order valence-electron chi connectivity index (χ1n) is 10.3. The number of para-hydroxylation sites is 1. The Labute approximate surface area is 182 Å². The van der Waals surface area contributed by atoms with Crippen LogP contribution in [0.1, 0.15) is 39.9 Å². The van der Waals surface area contributed by atoms with Gasteiger partial charge < -0.3 is 10.2 Å². The van der Waals surface area contributed by atoms with Crippen LogP contribution in [0.25, 0.3) is 0 Å². The minimum absolute atomic E-state index is 0.00393. The van der Waals surface area contributed by atoms with Crippen LogP contribution in [0.2, 0.25) is 5.02 Å². The highest BCUT2D eigenvalue weighted by atomic mass is 35.5. The van der Waals surface area contributed by atoms with Gasteiger partial charge in [-0.3, -0.25) is 4.79 Å². The average molecular weight is 415 g/mol. The lowest BCUT2D eigenvalue weighted by Gasteiger charge is -2.38. The number of anilines is 2. The third kappa shape index (κ3) is 3.20. The highest BCUT2D eigenvalue weighted by molar-refractivity contribution is 6.31. The molecule has 1 heterocycles. The zero-order valence-corrected chi connectivity index (χ0v) is 17.5. The summed E-state index contributed by atoms with van der Waals surface area (Å²) >= 11 is 6.52. The topological polar surface area (TPSA) is 32.3 Å². The van der Waals surface area contributed by atoms with Crippen LogP contribution in [0.4, 0.5) is 11.4 Å². The second-order valence-corrected chi connectivity index (χ2v) is 8.41. The molecule has 5 rings (SSSR count). The van der Waals surface area contributed by atoms with E-state index < -0.39 is 0 Å². The first-order chi connectivity index (χ1) is 14.6. The molecule has 0 spiro atoms. The van der Waals surface area contributed by atoms with E-state index in [1.54, 1.807) is 4.90 Å². The minimum atomic E-state index is -0.00393. The summed E-state index contributed by atoms with van der Waals surface area (Å²) in [5.74, 6) is 0.655. The molecule has 150 valence electrons. The molecule has 1 amide bonds. The van der Waals surface area contributed by atoms with Crippen LogP contribution < -0.4 is 10.2 Å². The molecule has 3 atom stereocenters. The lowest BCUT2D eigenvalue weighted by Crippen LogP contribution is -2.30. The number of carbonyl (C=O) groups excluding carboxylic acids is 1. The number of nitrogens with zero attached hydrogens (tertiary/aromatic N) is 1. The molecule has 0 aromatic heterocycles. The molecule has 3 nitrogen and oxygen atoms in total. The number of amides is 1. The predicted molar refractivity (Wildman–Crippen MR) is 123 cm³/mol. The number of carbonyl (C=O) groups is 1. The maximum absolute atomic E-state index is 13.1. The van der Waals surface area contributed by atoms with Gasteiger partial charge in [0.15, 0.2) is 0 Å². The maximum atomic E-state index is 13.1. The van der Waals surface area contributed by atoms with Crippen molar-refractivity contribution in [2.75, 3.05) is 17.3 Å². The van der Waals surface area contributed by atoms with Crippen LogP contribution in [-0.4, -0.2) is 13.0 Å². The van der Waals surface area contributed by atoms with Gasteiger partial charge in [0.25, 0.3) is 5.91 Å². The van der Waals surface area contributed by atoms with E-state index in [2.05, 4.69) is 29.6 Å². The van der Waals surface area contributed by atoms with Crippen molar-refractivity contribution in [2.45, 2.75) is 18.4 Å². The van der Waals surface area contributed by atoms with Gasteiger partial charge in [-0.25, -0.2) is 0 Å². The third-order valence-electron chi connectivity index (χ3n) is 6.30. The molecule has 2 aliphatic rings. The normalized spacial score (nSPS) is 21.5. The molecule has 0 radical (unpaired) electrons. The van der Waals surface area contributed by atoms with Crippen LogP contribution in [0, 0.1) is 5.92 Å². The van der Waals surface area contributed by atoms with Crippen molar-refractivity contribution < 1.29 is 4.79 Å². The zero-order chi connectivity index (χ0) is 20.7. The number of fused-ring (bicyclic) bond motifs is 3. The van der Waals surface area contributed by atoms with Crippen LogP contribution in [-0.2, 0) is 0 Å². The molecule has 0 bridgehead atoms. The summed E-state index contributed by atoms with van der Waals surface area (Å²) in [5.41, 5.74) is 4.98. The average Bonchev–Trinajstić information content (AvgIpc) is 3.29. The SMILES string of the molecule is CN(C(=O)c1ccc2c(c1)C1C=CCC1C(c1ccccc1Cl)N2)c1ccccc1. The van der Waals surface area contributed by atoms with E-state index in [1.165, 1.54) is 5.56 Å². The Morgan fingerprint density at radius 3 is 2.57 bits per heavy atom. The van der Waals surface area contributed by atoms with Crippen LogP contribution in [0.3, 0.4) is 0 Å². The fourth-order valence-electron chi connectivity index (χ4n) is 4.73. The maximum Gasteiger partial charge on any atom is 0.258 e. The predicted octanol–water partition coefficient (Wildman–Crippen LogP) is 6.44. The highest BCUT2D eigenvalue weighted by Crippen LogP contribution is 2.50. The first kappa shape index (κ1) is 19.0. The van der Waals surface area contributed by atoms with E-state index >= 15 is 0 Å².